The predicted octanol–water partition coefficient (Wildman–Crippen LogP) is 2.90. The summed E-state index contributed by atoms with van der Waals surface area (Å²) in [7, 11) is 1.92. The maximum Gasteiger partial charge on any atom is 0.257 e. The van der Waals surface area contributed by atoms with Crippen molar-refractivity contribution in [3.63, 3.8) is 0 Å². The van der Waals surface area contributed by atoms with Gasteiger partial charge in [0, 0.05) is 32.5 Å². The smallest absolute Gasteiger partial charge is 0.257 e. The molecule has 130 valence electrons. The second kappa shape index (κ2) is 6.06. The van der Waals surface area contributed by atoms with E-state index in [-0.39, 0.29) is 23.3 Å². The zero-order chi connectivity index (χ0) is 17.4. The molecule has 1 spiro atoms. The summed E-state index contributed by atoms with van der Waals surface area (Å²) in [6.45, 7) is 1.32. The maximum absolute atomic E-state index is 12.5. The normalized spacial score (nSPS) is 22.6. The third-order valence-corrected chi connectivity index (χ3v) is 5.96. The first kappa shape index (κ1) is 15.9. The zero-order valence-electron chi connectivity index (χ0n) is 14.4. The Morgan fingerprint density at radius 2 is 1.88 bits per heavy atom. The van der Waals surface area contributed by atoms with Crippen LogP contribution in [0.4, 0.5) is 0 Å². The SMILES string of the molecule is CN1C(=O)CC(c2ccccc2)C12CCN(C(=O)c1ccoc1)CC2. The number of hydrogen-bond acceptors (Lipinski definition) is 3. The standard InChI is InChI=1S/C20H22N2O3/c1-21-18(23)13-17(15-5-3-2-4-6-15)20(21)8-10-22(11-9-20)19(24)16-7-12-25-14-16/h2-7,12,14,17H,8-11,13H2,1H3. The summed E-state index contributed by atoms with van der Waals surface area (Å²) < 4.78 is 5.03. The number of hydrogen-bond donors (Lipinski definition) is 0. The van der Waals surface area contributed by atoms with Crippen LogP contribution >= 0.6 is 0 Å². The third kappa shape index (κ3) is 2.54. The second-order valence-electron chi connectivity index (χ2n) is 7.03. The Morgan fingerprint density at radius 1 is 1.16 bits per heavy atom. The van der Waals surface area contributed by atoms with E-state index in [9.17, 15) is 9.59 Å². The van der Waals surface area contributed by atoms with E-state index in [0.717, 1.165) is 12.8 Å². The highest BCUT2D eigenvalue weighted by molar-refractivity contribution is 5.94. The number of piperidine rings is 1. The molecule has 0 N–H and O–H groups in total. The average molecular weight is 338 g/mol. The number of furan rings is 1. The molecule has 0 radical (unpaired) electrons. The largest absolute Gasteiger partial charge is 0.472 e. The van der Waals surface area contributed by atoms with Crippen molar-refractivity contribution in [1.82, 2.24) is 9.80 Å². The molecule has 2 amide bonds. The highest BCUT2D eigenvalue weighted by Gasteiger charge is 2.52. The van der Waals surface area contributed by atoms with Crippen LogP contribution in [0.15, 0.2) is 53.3 Å². The van der Waals surface area contributed by atoms with Crippen LogP contribution in [0.3, 0.4) is 0 Å². The Bertz CT molecular complexity index is 762. The van der Waals surface area contributed by atoms with Gasteiger partial charge in [-0.05, 0) is 24.5 Å². The van der Waals surface area contributed by atoms with Gasteiger partial charge in [-0.2, -0.15) is 0 Å². The Morgan fingerprint density at radius 3 is 2.52 bits per heavy atom. The molecule has 0 bridgehead atoms. The van der Waals surface area contributed by atoms with E-state index in [1.807, 2.05) is 35.0 Å². The lowest BCUT2D eigenvalue weighted by molar-refractivity contribution is -0.130. The third-order valence-electron chi connectivity index (χ3n) is 5.96. The number of carbonyl (C=O) groups excluding carboxylic acids is 2. The first-order valence-corrected chi connectivity index (χ1v) is 8.75. The van der Waals surface area contributed by atoms with Crippen LogP contribution in [-0.2, 0) is 4.79 Å². The van der Waals surface area contributed by atoms with Gasteiger partial charge in [0.25, 0.3) is 5.91 Å². The lowest BCUT2D eigenvalue weighted by Gasteiger charge is -2.46. The molecule has 0 saturated carbocycles. The van der Waals surface area contributed by atoms with Crippen molar-refractivity contribution in [2.75, 3.05) is 20.1 Å². The van der Waals surface area contributed by atoms with Gasteiger partial charge in [0.2, 0.25) is 5.91 Å². The zero-order valence-corrected chi connectivity index (χ0v) is 14.4. The molecule has 2 aromatic rings. The Labute approximate surface area is 147 Å². The molecule has 3 heterocycles. The number of rotatable bonds is 2. The minimum absolute atomic E-state index is 0.00633. The lowest BCUT2D eigenvalue weighted by Crippen LogP contribution is -2.55. The van der Waals surface area contributed by atoms with Gasteiger partial charge >= 0.3 is 0 Å². The molecule has 1 unspecified atom stereocenters. The first-order valence-electron chi connectivity index (χ1n) is 8.75. The van der Waals surface area contributed by atoms with Gasteiger partial charge in [-0.1, -0.05) is 30.3 Å². The second-order valence-corrected chi connectivity index (χ2v) is 7.03. The van der Waals surface area contributed by atoms with Gasteiger partial charge in [-0.25, -0.2) is 0 Å². The van der Waals surface area contributed by atoms with Gasteiger partial charge in [0.05, 0.1) is 17.4 Å². The molecule has 1 aromatic carbocycles. The van der Waals surface area contributed by atoms with E-state index in [0.29, 0.717) is 25.1 Å². The highest BCUT2D eigenvalue weighted by atomic mass is 16.3. The van der Waals surface area contributed by atoms with Crippen molar-refractivity contribution in [3.05, 3.63) is 60.1 Å². The quantitative estimate of drug-likeness (QED) is 0.846. The van der Waals surface area contributed by atoms with Crippen LogP contribution in [0.2, 0.25) is 0 Å². The van der Waals surface area contributed by atoms with Crippen molar-refractivity contribution in [3.8, 4) is 0 Å². The molecule has 5 nitrogen and oxygen atoms in total. The van der Waals surface area contributed by atoms with Gasteiger partial charge in [0.1, 0.15) is 6.26 Å². The van der Waals surface area contributed by atoms with Crippen LogP contribution in [0.1, 0.15) is 41.1 Å². The monoisotopic (exact) mass is 338 g/mol. The summed E-state index contributed by atoms with van der Waals surface area (Å²) in [5, 5.41) is 0. The molecule has 1 atom stereocenters. The van der Waals surface area contributed by atoms with Crippen LogP contribution < -0.4 is 0 Å². The summed E-state index contributed by atoms with van der Waals surface area (Å²) >= 11 is 0. The number of carbonyl (C=O) groups is 2. The molecular formula is C20H22N2O3. The molecular weight excluding hydrogens is 316 g/mol. The fourth-order valence-corrected chi connectivity index (χ4v) is 4.45. The topological polar surface area (TPSA) is 53.8 Å². The van der Waals surface area contributed by atoms with Gasteiger partial charge in [0.15, 0.2) is 0 Å². The molecule has 2 saturated heterocycles. The minimum atomic E-state index is -0.189. The van der Waals surface area contributed by atoms with E-state index in [1.165, 1.54) is 18.1 Å². The summed E-state index contributed by atoms with van der Waals surface area (Å²) in [5.74, 6) is 0.396. The van der Waals surface area contributed by atoms with E-state index in [1.54, 1.807) is 6.07 Å². The molecule has 5 heteroatoms. The van der Waals surface area contributed by atoms with E-state index in [4.69, 9.17) is 4.42 Å². The van der Waals surface area contributed by atoms with Crippen molar-refractivity contribution < 1.29 is 14.0 Å². The highest BCUT2D eigenvalue weighted by Crippen LogP contribution is 2.48. The minimum Gasteiger partial charge on any atom is -0.472 e. The maximum atomic E-state index is 12.5. The Kier molecular flexibility index (Phi) is 3.86. The Hall–Kier alpha value is -2.56. The fraction of sp³-hybridized carbons (Fsp3) is 0.400. The predicted molar refractivity (Wildman–Crippen MR) is 93.1 cm³/mol. The molecule has 1 aromatic heterocycles. The van der Waals surface area contributed by atoms with Crippen molar-refractivity contribution in [1.29, 1.82) is 0 Å². The van der Waals surface area contributed by atoms with E-state index in [2.05, 4.69) is 12.1 Å². The van der Waals surface area contributed by atoms with Gasteiger partial charge in [-0.15, -0.1) is 0 Å². The van der Waals surface area contributed by atoms with Crippen LogP contribution in [0, 0.1) is 0 Å². The number of likely N-dealkylation sites (N-methyl/N-ethyl adjacent to an activating group) is 1. The summed E-state index contributed by atoms with van der Waals surface area (Å²) in [4.78, 5) is 28.8. The molecule has 2 aliphatic heterocycles. The Balaban J connectivity index is 1.57. The van der Waals surface area contributed by atoms with E-state index >= 15 is 0 Å². The van der Waals surface area contributed by atoms with Crippen molar-refractivity contribution in [2.45, 2.75) is 30.7 Å². The number of nitrogens with zero attached hydrogens (tertiary/aromatic N) is 2. The van der Waals surface area contributed by atoms with E-state index < -0.39 is 0 Å². The summed E-state index contributed by atoms with van der Waals surface area (Å²) in [6, 6.07) is 12.0. The fourth-order valence-electron chi connectivity index (χ4n) is 4.45. The molecule has 2 aliphatic rings. The van der Waals surface area contributed by atoms with Crippen LogP contribution in [-0.4, -0.2) is 47.3 Å². The molecule has 2 fully saturated rings. The molecule has 25 heavy (non-hydrogen) atoms. The first-order chi connectivity index (χ1) is 12.1. The van der Waals surface area contributed by atoms with Gasteiger partial charge in [-0.3, -0.25) is 9.59 Å². The molecule has 4 rings (SSSR count). The number of likely N-dealkylation sites (tertiary alicyclic amines) is 2. The molecule has 0 aliphatic carbocycles. The lowest BCUT2D eigenvalue weighted by atomic mass is 9.73. The number of amides is 2. The number of benzene rings is 1. The summed E-state index contributed by atoms with van der Waals surface area (Å²) in [6.07, 6.45) is 5.17. The summed E-state index contributed by atoms with van der Waals surface area (Å²) in [5.41, 5.74) is 1.62. The van der Waals surface area contributed by atoms with Crippen LogP contribution in [0.25, 0.3) is 0 Å². The van der Waals surface area contributed by atoms with Crippen molar-refractivity contribution in [2.24, 2.45) is 0 Å². The van der Waals surface area contributed by atoms with Crippen molar-refractivity contribution >= 4 is 11.8 Å². The van der Waals surface area contributed by atoms with Crippen LogP contribution in [0.5, 0.6) is 0 Å². The average Bonchev–Trinajstić information content (AvgIpc) is 3.27. The van der Waals surface area contributed by atoms with Gasteiger partial charge < -0.3 is 14.2 Å².